The molecule has 2 aromatic rings. The van der Waals surface area contributed by atoms with Crippen molar-refractivity contribution in [2.45, 2.75) is 6.42 Å². The summed E-state index contributed by atoms with van der Waals surface area (Å²) < 4.78 is 5.02. The maximum absolute atomic E-state index is 11.1. The minimum Gasteiger partial charge on any atom is -0.478 e. The third-order valence-corrected chi connectivity index (χ3v) is 3.50. The van der Waals surface area contributed by atoms with Gasteiger partial charge in [-0.2, -0.15) is 11.3 Å². The maximum Gasteiger partial charge on any atom is 0.337 e. The lowest BCUT2D eigenvalue weighted by molar-refractivity contribution is 0.0698. The fraction of sp³-hybridized carbons (Fsp3) is 0.214. The molecule has 0 amide bonds. The summed E-state index contributed by atoms with van der Waals surface area (Å²) in [5.41, 5.74) is 3.28. The predicted octanol–water partition coefficient (Wildman–Crippen LogP) is 3.30. The monoisotopic (exact) mass is 262 g/mol. The first kappa shape index (κ1) is 12.8. The van der Waals surface area contributed by atoms with Gasteiger partial charge in [-0.05, 0) is 22.9 Å². The standard InChI is InChI=1S/C14H14O3S/c1-17-7-6-10-2-4-11(5-3-10)12-8-18-9-13(12)14(15)16/h2-5,8-9H,6-7H2,1H3,(H,15,16). The maximum atomic E-state index is 11.1. The van der Waals surface area contributed by atoms with Crippen LogP contribution in [0.3, 0.4) is 0 Å². The molecular weight excluding hydrogens is 248 g/mol. The molecular formula is C14H14O3S. The van der Waals surface area contributed by atoms with E-state index < -0.39 is 5.97 Å². The molecule has 18 heavy (non-hydrogen) atoms. The molecule has 1 aromatic carbocycles. The van der Waals surface area contributed by atoms with E-state index in [9.17, 15) is 4.79 Å². The zero-order chi connectivity index (χ0) is 13.0. The largest absolute Gasteiger partial charge is 0.478 e. The molecule has 0 saturated carbocycles. The quantitative estimate of drug-likeness (QED) is 0.899. The molecule has 0 fully saturated rings. The number of ether oxygens (including phenoxy) is 1. The van der Waals surface area contributed by atoms with Crippen LogP contribution in [0, 0.1) is 0 Å². The molecule has 0 unspecified atom stereocenters. The molecule has 0 bridgehead atoms. The molecule has 1 N–H and O–H groups in total. The summed E-state index contributed by atoms with van der Waals surface area (Å²) in [6.45, 7) is 0.693. The lowest BCUT2D eigenvalue weighted by Gasteiger charge is -2.04. The zero-order valence-corrected chi connectivity index (χ0v) is 10.9. The van der Waals surface area contributed by atoms with Crippen molar-refractivity contribution >= 4 is 17.3 Å². The van der Waals surface area contributed by atoms with Gasteiger partial charge in [-0.15, -0.1) is 0 Å². The number of methoxy groups -OCH3 is 1. The van der Waals surface area contributed by atoms with Gasteiger partial charge < -0.3 is 9.84 Å². The highest BCUT2D eigenvalue weighted by atomic mass is 32.1. The summed E-state index contributed by atoms with van der Waals surface area (Å²) in [6.07, 6.45) is 0.867. The van der Waals surface area contributed by atoms with E-state index >= 15 is 0 Å². The SMILES string of the molecule is COCCc1ccc(-c2cscc2C(=O)O)cc1. The highest BCUT2D eigenvalue weighted by Crippen LogP contribution is 2.27. The van der Waals surface area contributed by atoms with Crippen LogP contribution in [0.5, 0.6) is 0 Å². The number of carboxylic acids is 1. The second-order valence-corrected chi connectivity index (χ2v) is 4.69. The Bertz CT molecular complexity index is 528. The Morgan fingerprint density at radius 2 is 2.00 bits per heavy atom. The molecule has 4 heteroatoms. The number of thiophene rings is 1. The van der Waals surface area contributed by atoms with Gasteiger partial charge in [-0.3, -0.25) is 0 Å². The molecule has 1 heterocycles. The lowest BCUT2D eigenvalue weighted by Crippen LogP contribution is -1.96. The van der Waals surface area contributed by atoms with Gasteiger partial charge in [0.1, 0.15) is 0 Å². The molecule has 1 aromatic heterocycles. The normalized spacial score (nSPS) is 10.5. The average Bonchev–Trinajstić information content (AvgIpc) is 2.86. The van der Waals surface area contributed by atoms with Crippen molar-refractivity contribution in [1.82, 2.24) is 0 Å². The van der Waals surface area contributed by atoms with Gasteiger partial charge in [0.05, 0.1) is 12.2 Å². The first-order valence-electron chi connectivity index (χ1n) is 5.60. The van der Waals surface area contributed by atoms with Gasteiger partial charge in [0.25, 0.3) is 0 Å². The first-order valence-corrected chi connectivity index (χ1v) is 6.54. The Balaban J connectivity index is 2.23. The Morgan fingerprint density at radius 3 is 2.61 bits per heavy atom. The van der Waals surface area contributed by atoms with Crippen molar-refractivity contribution < 1.29 is 14.6 Å². The topological polar surface area (TPSA) is 46.5 Å². The first-order chi connectivity index (χ1) is 8.72. The number of carbonyl (C=O) groups is 1. The van der Waals surface area contributed by atoms with Crippen LogP contribution < -0.4 is 0 Å². The van der Waals surface area contributed by atoms with E-state index in [1.54, 1.807) is 12.5 Å². The van der Waals surface area contributed by atoms with E-state index in [0.29, 0.717) is 12.2 Å². The molecule has 0 atom stereocenters. The smallest absolute Gasteiger partial charge is 0.337 e. The van der Waals surface area contributed by atoms with Gasteiger partial charge in [0.15, 0.2) is 0 Å². The fourth-order valence-electron chi connectivity index (χ4n) is 1.76. The van der Waals surface area contributed by atoms with Crippen LogP contribution in [0.4, 0.5) is 0 Å². The van der Waals surface area contributed by atoms with Crippen LogP contribution in [0.15, 0.2) is 35.0 Å². The molecule has 0 aliphatic rings. The summed E-state index contributed by atoms with van der Waals surface area (Å²) in [5, 5.41) is 12.6. The van der Waals surface area contributed by atoms with E-state index in [1.807, 2.05) is 29.6 Å². The van der Waals surface area contributed by atoms with E-state index in [1.165, 1.54) is 16.9 Å². The summed E-state index contributed by atoms with van der Waals surface area (Å²) in [6, 6.07) is 7.94. The van der Waals surface area contributed by atoms with Crippen LogP contribution in [0.2, 0.25) is 0 Å². The number of hydrogen-bond donors (Lipinski definition) is 1. The van der Waals surface area contributed by atoms with Crippen molar-refractivity contribution in [2.75, 3.05) is 13.7 Å². The van der Waals surface area contributed by atoms with Crippen LogP contribution in [0.1, 0.15) is 15.9 Å². The van der Waals surface area contributed by atoms with Crippen molar-refractivity contribution in [1.29, 1.82) is 0 Å². The van der Waals surface area contributed by atoms with Crippen molar-refractivity contribution in [2.24, 2.45) is 0 Å². The fourth-order valence-corrected chi connectivity index (χ4v) is 2.59. The molecule has 3 nitrogen and oxygen atoms in total. The van der Waals surface area contributed by atoms with Crippen LogP contribution in [0.25, 0.3) is 11.1 Å². The Labute approximate surface area is 110 Å². The summed E-state index contributed by atoms with van der Waals surface area (Å²) in [5.74, 6) is -0.880. The Kier molecular flexibility index (Phi) is 4.12. The molecule has 0 aliphatic heterocycles. The van der Waals surface area contributed by atoms with Gasteiger partial charge in [-0.1, -0.05) is 24.3 Å². The average molecular weight is 262 g/mol. The lowest BCUT2D eigenvalue weighted by atomic mass is 10.0. The molecule has 2 rings (SSSR count). The number of aromatic carboxylic acids is 1. The molecule has 0 saturated heterocycles. The Morgan fingerprint density at radius 1 is 1.28 bits per heavy atom. The second-order valence-electron chi connectivity index (χ2n) is 3.94. The molecule has 0 radical (unpaired) electrons. The number of carboxylic acid groups (broad SMARTS) is 1. The zero-order valence-electron chi connectivity index (χ0n) is 10.1. The third-order valence-electron chi connectivity index (χ3n) is 2.75. The van der Waals surface area contributed by atoms with Crippen LogP contribution in [-0.4, -0.2) is 24.8 Å². The third kappa shape index (κ3) is 2.78. The minimum atomic E-state index is -0.880. The van der Waals surface area contributed by atoms with Crippen LogP contribution in [-0.2, 0) is 11.2 Å². The minimum absolute atomic E-state index is 0.365. The van der Waals surface area contributed by atoms with Gasteiger partial charge in [0, 0.05) is 18.1 Å². The van der Waals surface area contributed by atoms with E-state index in [2.05, 4.69) is 0 Å². The number of hydrogen-bond acceptors (Lipinski definition) is 3. The number of rotatable bonds is 5. The summed E-state index contributed by atoms with van der Waals surface area (Å²) in [7, 11) is 1.68. The molecule has 0 aliphatic carbocycles. The molecule has 0 spiro atoms. The summed E-state index contributed by atoms with van der Waals surface area (Å²) in [4.78, 5) is 11.1. The van der Waals surface area contributed by atoms with Gasteiger partial charge in [0.2, 0.25) is 0 Å². The highest BCUT2D eigenvalue weighted by molar-refractivity contribution is 7.08. The van der Waals surface area contributed by atoms with Gasteiger partial charge in [-0.25, -0.2) is 4.79 Å². The Hall–Kier alpha value is -1.65. The number of benzene rings is 1. The van der Waals surface area contributed by atoms with Crippen molar-refractivity contribution in [3.63, 3.8) is 0 Å². The summed E-state index contributed by atoms with van der Waals surface area (Å²) >= 11 is 1.41. The van der Waals surface area contributed by atoms with Gasteiger partial charge >= 0.3 is 5.97 Å². The van der Waals surface area contributed by atoms with E-state index in [0.717, 1.165) is 17.5 Å². The second kappa shape index (κ2) is 5.80. The van der Waals surface area contributed by atoms with Crippen molar-refractivity contribution in [3.05, 3.63) is 46.2 Å². The predicted molar refractivity (Wildman–Crippen MR) is 72.3 cm³/mol. The van der Waals surface area contributed by atoms with E-state index in [-0.39, 0.29) is 0 Å². The van der Waals surface area contributed by atoms with E-state index in [4.69, 9.17) is 9.84 Å². The van der Waals surface area contributed by atoms with Crippen molar-refractivity contribution in [3.8, 4) is 11.1 Å². The highest BCUT2D eigenvalue weighted by Gasteiger charge is 2.12. The molecule has 94 valence electrons. The van der Waals surface area contributed by atoms with Crippen LogP contribution >= 0.6 is 11.3 Å².